The molecule has 0 heterocycles. The first-order chi connectivity index (χ1) is 8.54. The Morgan fingerprint density at radius 1 is 0.737 bits per heavy atom. The molecule has 0 amide bonds. The molecule has 4 nitrogen and oxygen atoms in total. The second-order valence-electron chi connectivity index (χ2n) is 4.37. The molecule has 1 rings (SSSR count). The number of carbonyl (C=O) groups excluding carboxylic acids is 2. The van der Waals surface area contributed by atoms with E-state index in [4.69, 9.17) is 0 Å². The van der Waals surface area contributed by atoms with Crippen LogP contribution in [0.3, 0.4) is 0 Å². The van der Waals surface area contributed by atoms with Crippen LogP contribution in [0.2, 0.25) is 0 Å². The van der Waals surface area contributed by atoms with Crippen LogP contribution in [0.15, 0.2) is 0 Å². The van der Waals surface area contributed by atoms with Crippen molar-refractivity contribution in [1.29, 1.82) is 0 Å². The normalized spacial score (nSPS) is 12.7. The van der Waals surface area contributed by atoms with E-state index in [-0.39, 0.29) is 50.6 Å². The summed E-state index contributed by atoms with van der Waals surface area (Å²) in [5.41, 5.74) is 0. The Labute approximate surface area is 147 Å². The predicted octanol–water partition coefficient (Wildman–Crippen LogP) is 1.03. The van der Waals surface area contributed by atoms with E-state index >= 15 is 0 Å². The van der Waals surface area contributed by atoms with Crippen molar-refractivity contribution in [3.05, 3.63) is 0 Å². The molecule has 0 aromatic heterocycles. The summed E-state index contributed by atoms with van der Waals surface area (Å²) >= 11 is 0. The first kappa shape index (κ1) is 24.2. The second kappa shape index (κ2) is 20.5. The molecular formula is C14H26CaO4. The van der Waals surface area contributed by atoms with Crippen LogP contribution in [-0.4, -0.2) is 49.7 Å². The van der Waals surface area contributed by atoms with Crippen molar-refractivity contribution >= 4 is 49.7 Å². The van der Waals surface area contributed by atoms with Gasteiger partial charge in [-0.2, -0.15) is 0 Å². The average molecular weight is 298 g/mol. The van der Waals surface area contributed by atoms with Crippen molar-refractivity contribution in [2.24, 2.45) is 0 Å². The average Bonchev–Trinajstić information content (AvgIpc) is 2.32. The molecule has 0 aliphatic heterocycles. The van der Waals surface area contributed by atoms with Gasteiger partial charge in [-0.15, -0.1) is 0 Å². The summed E-state index contributed by atoms with van der Waals surface area (Å²) in [5.74, 6) is -1.92. The van der Waals surface area contributed by atoms with E-state index in [1.165, 1.54) is 38.5 Å². The van der Waals surface area contributed by atoms with Crippen molar-refractivity contribution in [1.82, 2.24) is 0 Å². The number of rotatable bonds is 4. The van der Waals surface area contributed by atoms with Gasteiger partial charge in [0.1, 0.15) is 0 Å². The molecule has 1 aliphatic carbocycles. The summed E-state index contributed by atoms with van der Waals surface area (Å²) in [6.07, 6.45) is 10.7. The van der Waals surface area contributed by atoms with Gasteiger partial charge in [-0.1, -0.05) is 65.2 Å². The molecular weight excluding hydrogens is 272 g/mol. The quantitative estimate of drug-likeness (QED) is 0.726. The number of hydrogen-bond acceptors (Lipinski definition) is 4. The number of carbonyl (C=O) groups is 2. The van der Waals surface area contributed by atoms with E-state index in [1.54, 1.807) is 13.8 Å². The van der Waals surface area contributed by atoms with Gasteiger partial charge < -0.3 is 19.8 Å². The molecule has 5 heteroatoms. The first-order valence-electron chi connectivity index (χ1n) is 6.94. The summed E-state index contributed by atoms with van der Waals surface area (Å²) < 4.78 is 0. The summed E-state index contributed by atoms with van der Waals surface area (Å²) in [7, 11) is 0. The van der Waals surface area contributed by atoms with Crippen LogP contribution in [-0.2, 0) is 9.59 Å². The molecule has 108 valence electrons. The van der Waals surface area contributed by atoms with Gasteiger partial charge in [0, 0.05) is 11.9 Å². The van der Waals surface area contributed by atoms with Crippen LogP contribution in [0.1, 0.15) is 78.1 Å². The van der Waals surface area contributed by atoms with Crippen molar-refractivity contribution in [3.8, 4) is 0 Å². The Bertz CT molecular complexity index is 176. The molecule has 0 aromatic carbocycles. The predicted molar refractivity (Wildman–Crippen MR) is 73.3 cm³/mol. The molecule has 0 atom stereocenters. The zero-order chi connectivity index (χ0) is 14.2. The number of hydrogen-bond donors (Lipinski definition) is 0. The summed E-state index contributed by atoms with van der Waals surface area (Å²) in [5, 5.41) is 19.0. The van der Waals surface area contributed by atoms with Gasteiger partial charge in [0.15, 0.2) is 0 Å². The third-order valence-corrected chi connectivity index (χ3v) is 2.41. The van der Waals surface area contributed by atoms with Gasteiger partial charge in [0.05, 0.1) is 0 Å². The number of carboxylic acids is 2. The topological polar surface area (TPSA) is 80.3 Å². The molecule has 0 spiro atoms. The fourth-order valence-electron chi connectivity index (χ4n) is 1.47. The molecule has 1 fully saturated rings. The minimum absolute atomic E-state index is 0. The van der Waals surface area contributed by atoms with E-state index in [0.29, 0.717) is 12.8 Å². The fraction of sp³-hybridized carbons (Fsp3) is 0.857. The van der Waals surface area contributed by atoms with Crippen LogP contribution in [0.25, 0.3) is 0 Å². The molecule has 1 saturated carbocycles. The molecule has 0 radical (unpaired) electrons. The van der Waals surface area contributed by atoms with E-state index in [1.807, 2.05) is 0 Å². The molecule has 0 unspecified atom stereocenters. The van der Waals surface area contributed by atoms with E-state index in [0.717, 1.165) is 0 Å². The van der Waals surface area contributed by atoms with Crippen molar-refractivity contribution < 1.29 is 19.8 Å². The number of carboxylic acid groups (broad SMARTS) is 2. The maximum absolute atomic E-state index is 9.49. The Morgan fingerprint density at radius 2 is 0.947 bits per heavy atom. The van der Waals surface area contributed by atoms with E-state index < -0.39 is 11.9 Å². The second-order valence-corrected chi connectivity index (χ2v) is 4.37. The van der Waals surface area contributed by atoms with E-state index in [9.17, 15) is 19.8 Å². The van der Waals surface area contributed by atoms with Gasteiger partial charge in [0.25, 0.3) is 0 Å². The smallest absolute Gasteiger partial charge is 0.550 e. The van der Waals surface area contributed by atoms with Crippen LogP contribution < -0.4 is 10.2 Å². The molecule has 19 heavy (non-hydrogen) atoms. The number of aliphatic carboxylic acids is 2. The summed E-state index contributed by atoms with van der Waals surface area (Å²) in [6, 6.07) is 0. The van der Waals surface area contributed by atoms with Gasteiger partial charge in [0.2, 0.25) is 0 Å². The van der Waals surface area contributed by atoms with Gasteiger partial charge in [-0.25, -0.2) is 0 Å². The molecule has 0 N–H and O–H groups in total. The van der Waals surface area contributed by atoms with Crippen LogP contribution in [0.5, 0.6) is 0 Å². The van der Waals surface area contributed by atoms with Crippen LogP contribution in [0.4, 0.5) is 0 Å². The first-order valence-corrected chi connectivity index (χ1v) is 6.94. The molecule has 0 aromatic rings. The molecule has 1 aliphatic rings. The summed E-state index contributed by atoms with van der Waals surface area (Å²) in [6.45, 7) is 3.60. The Morgan fingerprint density at radius 3 is 1.00 bits per heavy atom. The summed E-state index contributed by atoms with van der Waals surface area (Å²) in [4.78, 5) is 19.0. The fourth-order valence-corrected chi connectivity index (χ4v) is 1.47. The SMILES string of the molecule is C1CCCCC1.CCCC(=O)[O-].CCCC(=O)[O-].[Ca+2]. The standard InChI is InChI=1S/C6H12.2C4H8O2.Ca/c1-2-4-6-5-3-1;2*1-2-3-4(5)6;/h1-6H2;2*2-3H2,1H3,(H,5,6);/q;;;+2/p-2. The van der Waals surface area contributed by atoms with E-state index in [2.05, 4.69) is 0 Å². The largest absolute Gasteiger partial charge is 2.00 e. The van der Waals surface area contributed by atoms with Crippen molar-refractivity contribution in [2.75, 3.05) is 0 Å². The minimum atomic E-state index is -0.961. The van der Waals surface area contributed by atoms with Gasteiger partial charge >= 0.3 is 37.7 Å². The molecule has 0 saturated heterocycles. The zero-order valence-corrected chi connectivity index (χ0v) is 14.6. The maximum Gasteiger partial charge on any atom is 2.00 e. The van der Waals surface area contributed by atoms with Crippen molar-refractivity contribution in [3.63, 3.8) is 0 Å². The van der Waals surface area contributed by atoms with Crippen LogP contribution >= 0.6 is 0 Å². The molecule has 0 bridgehead atoms. The van der Waals surface area contributed by atoms with Gasteiger partial charge in [-0.3, -0.25) is 0 Å². The third-order valence-electron chi connectivity index (χ3n) is 2.41. The third kappa shape index (κ3) is 32.1. The van der Waals surface area contributed by atoms with Crippen molar-refractivity contribution in [2.45, 2.75) is 78.1 Å². The van der Waals surface area contributed by atoms with Crippen LogP contribution in [0, 0.1) is 0 Å². The maximum atomic E-state index is 9.49. The Kier molecular flexibility index (Phi) is 26.2. The monoisotopic (exact) mass is 298 g/mol. The Hall–Kier alpha value is 0.200. The minimum Gasteiger partial charge on any atom is -0.550 e. The zero-order valence-electron chi connectivity index (χ0n) is 12.4. The Balaban J connectivity index is -0.000000197. The van der Waals surface area contributed by atoms with Gasteiger partial charge in [-0.05, 0) is 12.8 Å².